The van der Waals surface area contributed by atoms with Crippen molar-refractivity contribution in [3.63, 3.8) is 0 Å². The first kappa shape index (κ1) is 14.8. The molecule has 20 heavy (non-hydrogen) atoms. The van der Waals surface area contributed by atoms with Crippen LogP contribution in [0.4, 0.5) is 5.82 Å². The lowest BCUT2D eigenvalue weighted by molar-refractivity contribution is -0.121. The molecule has 1 unspecified atom stereocenters. The summed E-state index contributed by atoms with van der Waals surface area (Å²) < 4.78 is 1.91. The zero-order valence-electron chi connectivity index (χ0n) is 12.8. The van der Waals surface area contributed by atoms with Gasteiger partial charge in [0.15, 0.2) is 0 Å². The van der Waals surface area contributed by atoms with Crippen LogP contribution in [0.15, 0.2) is 0 Å². The first-order valence-corrected chi connectivity index (χ1v) is 7.20. The number of nitrogens with two attached hydrogens (primary N) is 1. The maximum absolute atomic E-state index is 11.3. The van der Waals surface area contributed by atoms with E-state index in [1.165, 1.54) is 5.56 Å². The largest absolute Gasteiger partial charge is 0.369 e. The Bertz CT molecular complexity index is 494. The van der Waals surface area contributed by atoms with Crippen molar-refractivity contribution < 1.29 is 4.79 Å². The maximum atomic E-state index is 11.3. The topological polar surface area (TPSA) is 76.2 Å². The molecule has 0 aliphatic carbocycles. The van der Waals surface area contributed by atoms with Gasteiger partial charge in [0.05, 0.1) is 11.6 Å². The fourth-order valence-electron chi connectivity index (χ4n) is 2.78. The van der Waals surface area contributed by atoms with Crippen molar-refractivity contribution in [2.45, 2.75) is 39.8 Å². The molecule has 0 saturated carbocycles. The van der Waals surface area contributed by atoms with Crippen molar-refractivity contribution in [2.75, 3.05) is 18.0 Å². The van der Waals surface area contributed by atoms with E-state index < -0.39 is 0 Å². The van der Waals surface area contributed by atoms with E-state index in [-0.39, 0.29) is 11.8 Å². The fourth-order valence-corrected chi connectivity index (χ4v) is 2.78. The Hall–Kier alpha value is -1.56. The SMILES string of the molecule is Cc1nn(C)c(N2CCC(C(N)=O)C2)c1CNC(C)C. The second kappa shape index (κ2) is 5.83. The number of amides is 1. The molecule has 1 aromatic rings. The molecule has 2 heterocycles. The normalized spacial score (nSPS) is 19.1. The van der Waals surface area contributed by atoms with Crippen molar-refractivity contribution in [1.29, 1.82) is 0 Å². The van der Waals surface area contributed by atoms with Gasteiger partial charge in [-0.15, -0.1) is 0 Å². The lowest BCUT2D eigenvalue weighted by atomic mass is 10.1. The number of nitrogens with one attached hydrogen (secondary N) is 1. The summed E-state index contributed by atoms with van der Waals surface area (Å²) in [6, 6.07) is 0.430. The van der Waals surface area contributed by atoms with Crippen LogP contribution in [-0.4, -0.2) is 34.8 Å². The highest BCUT2D eigenvalue weighted by Gasteiger charge is 2.30. The molecule has 1 atom stereocenters. The van der Waals surface area contributed by atoms with E-state index in [1.807, 2.05) is 18.7 Å². The number of anilines is 1. The van der Waals surface area contributed by atoms with Gasteiger partial charge >= 0.3 is 0 Å². The van der Waals surface area contributed by atoms with Crippen LogP contribution in [0.25, 0.3) is 0 Å². The van der Waals surface area contributed by atoms with Crippen LogP contribution in [0.3, 0.4) is 0 Å². The zero-order valence-corrected chi connectivity index (χ0v) is 12.8. The standard InChI is InChI=1S/C14H25N5O/c1-9(2)16-7-12-10(3)17-18(4)14(12)19-6-5-11(8-19)13(15)20/h9,11,16H,5-8H2,1-4H3,(H2,15,20). The molecule has 0 spiro atoms. The lowest BCUT2D eigenvalue weighted by Crippen LogP contribution is -2.29. The van der Waals surface area contributed by atoms with Gasteiger partial charge in [-0.2, -0.15) is 5.10 Å². The number of carbonyl (C=O) groups excluding carboxylic acids is 1. The van der Waals surface area contributed by atoms with Gasteiger partial charge in [0, 0.05) is 38.3 Å². The van der Waals surface area contributed by atoms with Gasteiger partial charge in [0.2, 0.25) is 5.91 Å². The Kier molecular flexibility index (Phi) is 4.32. The molecule has 2 rings (SSSR count). The summed E-state index contributed by atoms with van der Waals surface area (Å²) in [5.41, 5.74) is 7.67. The molecule has 0 bridgehead atoms. The second-order valence-corrected chi connectivity index (χ2v) is 5.88. The number of hydrogen-bond acceptors (Lipinski definition) is 4. The second-order valence-electron chi connectivity index (χ2n) is 5.88. The van der Waals surface area contributed by atoms with Gasteiger partial charge in [-0.05, 0) is 13.3 Å². The fraction of sp³-hybridized carbons (Fsp3) is 0.714. The lowest BCUT2D eigenvalue weighted by Gasteiger charge is -2.21. The monoisotopic (exact) mass is 279 g/mol. The Labute approximate surface area is 120 Å². The molecule has 0 aromatic carbocycles. The van der Waals surface area contributed by atoms with Gasteiger partial charge in [0.25, 0.3) is 0 Å². The molecule has 1 aromatic heterocycles. The van der Waals surface area contributed by atoms with E-state index in [9.17, 15) is 4.79 Å². The number of aromatic nitrogens is 2. The van der Waals surface area contributed by atoms with Crippen molar-refractivity contribution in [3.05, 3.63) is 11.3 Å². The predicted molar refractivity (Wildman–Crippen MR) is 79.4 cm³/mol. The van der Waals surface area contributed by atoms with E-state index in [0.717, 1.165) is 31.0 Å². The van der Waals surface area contributed by atoms with Gasteiger partial charge in [-0.3, -0.25) is 9.48 Å². The van der Waals surface area contributed by atoms with Crippen LogP contribution in [0.5, 0.6) is 0 Å². The molecular weight excluding hydrogens is 254 g/mol. The Morgan fingerprint density at radius 1 is 1.55 bits per heavy atom. The Morgan fingerprint density at radius 2 is 2.25 bits per heavy atom. The minimum atomic E-state index is -0.201. The van der Waals surface area contributed by atoms with Crippen LogP contribution in [0.1, 0.15) is 31.5 Å². The molecule has 112 valence electrons. The highest BCUT2D eigenvalue weighted by molar-refractivity contribution is 5.78. The van der Waals surface area contributed by atoms with E-state index in [1.54, 1.807) is 0 Å². The molecule has 1 fully saturated rings. The van der Waals surface area contributed by atoms with Crippen molar-refractivity contribution in [2.24, 2.45) is 18.7 Å². The Morgan fingerprint density at radius 3 is 2.80 bits per heavy atom. The quantitative estimate of drug-likeness (QED) is 0.825. The maximum Gasteiger partial charge on any atom is 0.222 e. The molecule has 3 N–H and O–H groups in total. The minimum absolute atomic E-state index is 0.0453. The number of carbonyl (C=O) groups is 1. The molecule has 6 heteroatoms. The van der Waals surface area contributed by atoms with E-state index in [4.69, 9.17) is 5.73 Å². The van der Waals surface area contributed by atoms with E-state index in [0.29, 0.717) is 12.6 Å². The third-order valence-electron chi connectivity index (χ3n) is 3.89. The summed E-state index contributed by atoms with van der Waals surface area (Å²) >= 11 is 0. The van der Waals surface area contributed by atoms with Crippen molar-refractivity contribution in [3.8, 4) is 0 Å². The number of nitrogens with zero attached hydrogens (tertiary/aromatic N) is 3. The summed E-state index contributed by atoms with van der Waals surface area (Å²) in [6.07, 6.45) is 0.830. The highest BCUT2D eigenvalue weighted by atomic mass is 16.1. The number of rotatable bonds is 5. The number of primary amides is 1. The average molecular weight is 279 g/mol. The first-order valence-electron chi connectivity index (χ1n) is 7.20. The third-order valence-corrected chi connectivity index (χ3v) is 3.89. The minimum Gasteiger partial charge on any atom is -0.369 e. The van der Waals surface area contributed by atoms with Crippen LogP contribution in [0, 0.1) is 12.8 Å². The Balaban J connectivity index is 2.20. The van der Waals surface area contributed by atoms with Gasteiger partial charge in [0.1, 0.15) is 5.82 Å². The number of aryl methyl sites for hydroxylation is 2. The molecule has 1 aliphatic rings. The van der Waals surface area contributed by atoms with Gasteiger partial charge < -0.3 is 16.0 Å². The van der Waals surface area contributed by atoms with E-state index in [2.05, 4.69) is 29.2 Å². The van der Waals surface area contributed by atoms with Crippen LogP contribution >= 0.6 is 0 Å². The van der Waals surface area contributed by atoms with E-state index >= 15 is 0 Å². The van der Waals surface area contributed by atoms with Crippen LogP contribution < -0.4 is 16.0 Å². The molecule has 6 nitrogen and oxygen atoms in total. The van der Waals surface area contributed by atoms with Gasteiger partial charge in [-0.1, -0.05) is 13.8 Å². The summed E-state index contributed by atoms with van der Waals surface area (Å²) in [5.74, 6) is 0.865. The zero-order chi connectivity index (χ0) is 14.9. The average Bonchev–Trinajstić information content (AvgIpc) is 2.91. The van der Waals surface area contributed by atoms with Gasteiger partial charge in [-0.25, -0.2) is 0 Å². The summed E-state index contributed by atoms with van der Waals surface area (Å²) in [7, 11) is 1.96. The third kappa shape index (κ3) is 2.95. The first-order chi connectivity index (χ1) is 9.40. The summed E-state index contributed by atoms with van der Waals surface area (Å²) in [6.45, 7) is 8.64. The highest BCUT2D eigenvalue weighted by Crippen LogP contribution is 2.28. The smallest absolute Gasteiger partial charge is 0.222 e. The molecule has 0 radical (unpaired) electrons. The summed E-state index contributed by atoms with van der Waals surface area (Å²) in [4.78, 5) is 13.6. The van der Waals surface area contributed by atoms with Crippen LogP contribution in [-0.2, 0) is 18.4 Å². The molecule has 1 amide bonds. The summed E-state index contributed by atoms with van der Waals surface area (Å²) in [5, 5.41) is 7.96. The molecule has 1 aliphatic heterocycles. The molecular formula is C14H25N5O. The molecule has 1 saturated heterocycles. The van der Waals surface area contributed by atoms with Crippen molar-refractivity contribution in [1.82, 2.24) is 15.1 Å². The van der Waals surface area contributed by atoms with Crippen molar-refractivity contribution >= 4 is 11.7 Å². The van der Waals surface area contributed by atoms with Crippen LogP contribution in [0.2, 0.25) is 0 Å². The predicted octanol–water partition coefficient (Wildman–Crippen LogP) is 0.538. The number of hydrogen-bond donors (Lipinski definition) is 2.